The second kappa shape index (κ2) is 9.36. The maximum atomic E-state index is 13.6. The second-order valence-electron chi connectivity index (χ2n) is 7.26. The zero-order valence-electron chi connectivity index (χ0n) is 18.2. The first-order valence-electron chi connectivity index (χ1n) is 10.2. The summed E-state index contributed by atoms with van der Waals surface area (Å²) in [5, 5.41) is 9.99. The number of carbonyl (C=O) groups is 1. The highest BCUT2D eigenvalue weighted by molar-refractivity contribution is 9.10. The third-order valence-corrected chi connectivity index (χ3v) is 6.89. The topological polar surface area (TPSA) is 90.1 Å². The summed E-state index contributed by atoms with van der Waals surface area (Å²) >= 11 is 4.65. The summed E-state index contributed by atoms with van der Waals surface area (Å²) in [6.45, 7) is 3.71. The lowest BCUT2D eigenvalue weighted by atomic mass is 9.96. The van der Waals surface area contributed by atoms with Gasteiger partial charge < -0.3 is 14.6 Å². The molecule has 170 valence electrons. The third kappa shape index (κ3) is 4.26. The van der Waals surface area contributed by atoms with E-state index in [1.54, 1.807) is 26.0 Å². The molecule has 1 aliphatic rings. The molecular formula is C24H21BrN2O5S. The van der Waals surface area contributed by atoms with Gasteiger partial charge in [-0.05, 0) is 43.2 Å². The van der Waals surface area contributed by atoms with Crippen molar-refractivity contribution in [2.24, 2.45) is 4.99 Å². The predicted octanol–water partition coefficient (Wildman–Crippen LogP) is 3.28. The molecule has 2 heterocycles. The molecule has 0 aliphatic carbocycles. The maximum absolute atomic E-state index is 13.6. The first-order valence-corrected chi connectivity index (χ1v) is 11.8. The van der Waals surface area contributed by atoms with Crippen LogP contribution in [0.2, 0.25) is 0 Å². The molecule has 7 nitrogen and oxygen atoms in total. The molecule has 3 aromatic rings. The van der Waals surface area contributed by atoms with Gasteiger partial charge in [-0.15, -0.1) is 0 Å². The largest absolute Gasteiger partial charge is 0.504 e. The molecule has 0 fully saturated rings. The molecule has 0 unspecified atom stereocenters. The van der Waals surface area contributed by atoms with Crippen LogP contribution in [0.1, 0.15) is 31.0 Å². The van der Waals surface area contributed by atoms with E-state index >= 15 is 0 Å². The van der Waals surface area contributed by atoms with Crippen molar-refractivity contribution < 1.29 is 19.4 Å². The summed E-state index contributed by atoms with van der Waals surface area (Å²) < 4.78 is 13.1. The number of benzene rings is 2. The summed E-state index contributed by atoms with van der Waals surface area (Å²) in [5.41, 5.74) is 2.03. The Morgan fingerprint density at radius 1 is 1.30 bits per heavy atom. The van der Waals surface area contributed by atoms with Gasteiger partial charge in [-0.3, -0.25) is 9.36 Å². The number of allylic oxidation sites excluding steroid dienone is 1. The number of carbonyl (C=O) groups excluding carboxylic acids is 1. The highest BCUT2D eigenvalue weighted by Gasteiger charge is 2.33. The highest BCUT2D eigenvalue weighted by atomic mass is 79.9. The molecule has 4 rings (SSSR count). The summed E-state index contributed by atoms with van der Waals surface area (Å²) in [6, 6.07) is 11.9. The Morgan fingerprint density at radius 2 is 2.03 bits per heavy atom. The minimum atomic E-state index is -0.651. The SMILES string of the molecule is CCOC(=O)C1=C(C)N=c2s/c(=C\c3cc(OC)c(O)cc3Br)c(=O)n2[C@@H]1c1ccccc1. The van der Waals surface area contributed by atoms with E-state index in [0.717, 1.165) is 5.56 Å². The quantitative estimate of drug-likeness (QED) is 0.513. The van der Waals surface area contributed by atoms with Crippen molar-refractivity contribution in [2.45, 2.75) is 19.9 Å². The number of hydrogen-bond donors (Lipinski definition) is 1. The van der Waals surface area contributed by atoms with Crippen molar-refractivity contribution in [2.75, 3.05) is 13.7 Å². The Hall–Kier alpha value is -3.17. The number of ether oxygens (including phenoxy) is 2. The molecule has 9 heteroatoms. The summed E-state index contributed by atoms with van der Waals surface area (Å²) in [7, 11) is 1.46. The van der Waals surface area contributed by atoms with E-state index in [1.807, 2.05) is 30.3 Å². The first-order chi connectivity index (χ1) is 15.8. The van der Waals surface area contributed by atoms with Gasteiger partial charge in [-0.2, -0.15) is 0 Å². The number of esters is 1. The molecule has 0 radical (unpaired) electrons. The number of thiazole rings is 1. The molecule has 0 saturated carbocycles. The minimum absolute atomic E-state index is 0.0123. The summed E-state index contributed by atoms with van der Waals surface area (Å²) in [5.74, 6) is -0.213. The van der Waals surface area contributed by atoms with Gasteiger partial charge in [0.1, 0.15) is 0 Å². The van der Waals surface area contributed by atoms with Crippen LogP contribution in [0, 0.1) is 0 Å². The number of aromatic nitrogens is 1. The number of halogens is 1. The Kier molecular flexibility index (Phi) is 6.53. The molecule has 2 aromatic carbocycles. The number of phenols is 1. The number of nitrogens with zero attached hydrogens (tertiary/aromatic N) is 2. The average molecular weight is 529 g/mol. The normalized spacial score (nSPS) is 15.8. The predicted molar refractivity (Wildman–Crippen MR) is 129 cm³/mol. The lowest BCUT2D eigenvalue weighted by Gasteiger charge is -2.24. The molecule has 0 amide bonds. The molecule has 0 saturated heterocycles. The molecule has 1 atom stereocenters. The molecule has 1 aliphatic heterocycles. The van der Waals surface area contributed by atoms with E-state index in [1.165, 1.54) is 29.1 Å². The Bertz CT molecular complexity index is 1440. The Labute approximate surface area is 202 Å². The molecule has 1 N–H and O–H groups in total. The van der Waals surface area contributed by atoms with Crippen LogP contribution < -0.4 is 19.6 Å². The van der Waals surface area contributed by atoms with Crippen LogP contribution in [-0.2, 0) is 9.53 Å². The van der Waals surface area contributed by atoms with E-state index < -0.39 is 12.0 Å². The van der Waals surface area contributed by atoms with Crippen molar-refractivity contribution >= 4 is 39.3 Å². The smallest absolute Gasteiger partial charge is 0.338 e. The van der Waals surface area contributed by atoms with Gasteiger partial charge in [0.25, 0.3) is 5.56 Å². The first kappa shape index (κ1) is 23.0. The minimum Gasteiger partial charge on any atom is -0.504 e. The van der Waals surface area contributed by atoms with Gasteiger partial charge in [-0.25, -0.2) is 9.79 Å². The summed E-state index contributed by atoms with van der Waals surface area (Å²) in [6.07, 6.45) is 1.71. The molecular weight excluding hydrogens is 508 g/mol. The van der Waals surface area contributed by atoms with Crippen LogP contribution in [-0.4, -0.2) is 29.4 Å². The number of hydrogen-bond acceptors (Lipinski definition) is 7. The number of methoxy groups -OCH3 is 1. The third-order valence-electron chi connectivity index (χ3n) is 5.22. The van der Waals surface area contributed by atoms with Crippen LogP contribution in [0.5, 0.6) is 11.5 Å². The Morgan fingerprint density at radius 3 is 2.70 bits per heavy atom. The van der Waals surface area contributed by atoms with E-state index in [9.17, 15) is 14.7 Å². The van der Waals surface area contributed by atoms with Crippen molar-refractivity contribution in [1.82, 2.24) is 4.57 Å². The van der Waals surface area contributed by atoms with Crippen molar-refractivity contribution in [3.05, 3.63) is 89.0 Å². The lowest BCUT2D eigenvalue weighted by Crippen LogP contribution is -2.39. The molecule has 0 bridgehead atoms. The van der Waals surface area contributed by atoms with Crippen molar-refractivity contribution in [3.63, 3.8) is 0 Å². The van der Waals surface area contributed by atoms with Crippen molar-refractivity contribution in [3.8, 4) is 11.5 Å². The standard InChI is InChI=1S/C24H21BrN2O5S/c1-4-32-23(30)20-13(2)26-24-27(21(20)14-8-6-5-7-9-14)22(29)19(33-24)11-15-10-18(31-3)17(28)12-16(15)25/h5-12,21,28H,4H2,1-3H3/b19-11-/t21-/m1/s1. The van der Waals surface area contributed by atoms with Gasteiger partial charge in [-0.1, -0.05) is 57.6 Å². The number of aromatic hydroxyl groups is 1. The molecule has 1 aromatic heterocycles. The molecule has 33 heavy (non-hydrogen) atoms. The van der Waals surface area contributed by atoms with Crippen LogP contribution in [0.15, 0.2) is 68.0 Å². The lowest BCUT2D eigenvalue weighted by molar-refractivity contribution is -0.139. The van der Waals surface area contributed by atoms with Gasteiger partial charge in [0.2, 0.25) is 0 Å². The van der Waals surface area contributed by atoms with Crippen LogP contribution in [0.3, 0.4) is 0 Å². The zero-order valence-corrected chi connectivity index (χ0v) is 20.6. The van der Waals surface area contributed by atoms with E-state index in [4.69, 9.17) is 9.47 Å². The number of phenolic OH excluding ortho intramolecular Hbond substituents is 1. The monoisotopic (exact) mass is 528 g/mol. The highest BCUT2D eigenvalue weighted by Crippen LogP contribution is 2.33. The second-order valence-corrected chi connectivity index (χ2v) is 9.12. The van der Waals surface area contributed by atoms with E-state index in [2.05, 4.69) is 20.9 Å². The van der Waals surface area contributed by atoms with Crippen LogP contribution in [0.25, 0.3) is 6.08 Å². The Balaban J connectivity index is 1.96. The van der Waals surface area contributed by atoms with Crippen LogP contribution >= 0.6 is 27.3 Å². The molecule has 0 spiro atoms. The van der Waals surface area contributed by atoms with Crippen LogP contribution in [0.4, 0.5) is 0 Å². The fraction of sp³-hybridized carbons (Fsp3) is 0.208. The maximum Gasteiger partial charge on any atom is 0.338 e. The number of fused-ring (bicyclic) bond motifs is 1. The average Bonchev–Trinajstić information content (AvgIpc) is 3.09. The summed E-state index contributed by atoms with van der Waals surface area (Å²) in [4.78, 5) is 31.5. The van der Waals surface area contributed by atoms with Gasteiger partial charge in [0, 0.05) is 4.47 Å². The van der Waals surface area contributed by atoms with E-state index in [-0.39, 0.29) is 17.9 Å². The fourth-order valence-electron chi connectivity index (χ4n) is 3.72. The number of rotatable bonds is 5. The fourth-order valence-corrected chi connectivity index (χ4v) is 5.20. The van der Waals surface area contributed by atoms with Crippen molar-refractivity contribution in [1.29, 1.82) is 0 Å². The van der Waals surface area contributed by atoms with Gasteiger partial charge in [0.15, 0.2) is 16.3 Å². The van der Waals surface area contributed by atoms with Gasteiger partial charge in [0.05, 0.1) is 35.6 Å². The van der Waals surface area contributed by atoms with Gasteiger partial charge >= 0.3 is 5.97 Å². The zero-order chi connectivity index (χ0) is 23.7. The van der Waals surface area contributed by atoms with E-state index in [0.29, 0.717) is 36.4 Å².